The molecule has 0 aliphatic heterocycles. The number of anilines is 1. The highest BCUT2D eigenvalue weighted by molar-refractivity contribution is 7.17. The molecule has 1 aromatic carbocycles. The molecule has 26 heavy (non-hydrogen) atoms. The summed E-state index contributed by atoms with van der Waals surface area (Å²) in [5.41, 5.74) is 7.38. The number of benzene rings is 1. The third kappa shape index (κ3) is 3.67. The van der Waals surface area contributed by atoms with Crippen LogP contribution in [0.25, 0.3) is 0 Å². The van der Waals surface area contributed by atoms with Crippen molar-refractivity contribution >= 4 is 28.2 Å². The van der Waals surface area contributed by atoms with E-state index in [4.69, 9.17) is 15.2 Å². The molecular weight excluding hydrogens is 352 g/mol. The maximum atomic E-state index is 12.8. The standard InChI is InChI=1S/C19H22N2O4S/c1-3-24-12-8-11(9-13(10-12)25-4-2)18(23)21-19-16(17(20)22)14-6-5-7-15(14)26-19/h8-10H,3-7H2,1-2H3,(H2,20,22)(H,21,23). The van der Waals surface area contributed by atoms with Crippen LogP contribution in [0.5, 0.6) is 11.5 Å². The van der Waals surface area contributed by atoms with Gasteiger partial charge in [0, 0.05) is 16.5 Å². The van der Waals surface area contributed by atoms with E-state index in [2.05, 4.69) is 5.32 Å². The Kier molecular flexibility index (Phi) is 5.46. The second kappa shape index (κ2) is 7.78. The molecule has 3 N–H and O–H groups in total. The Labute approximate surface area is 156 Å². The van der Waals surface area contributed by atoms with Crippen LogP contribution in [0, 0.1) is 0 Å². The number of aryl methyl sites for hydroxylation is 1. The third-order valence-electron chi connectivity index (χ3n) is 4.16. The molecule has 1 aliphatic carbocycles. The number of ether oxygens (including phenoxy) is 2. The lowest BCUT2D eigenvalue weighted by molar-refractivity contribution is 0.100. The molecule has 0 fully saturated rings. The van der Waals surface area contributed by atoms with Crippen LogP contribution < -0.4 is 20.5 Å². The predicted molar refractivity (Wildman–Crippen MR) is 102 cm³/mol. The van der Waals surface area contributed by atoms with Gasteiger partial charge >= 0.3 is 0 Å². The van der Waals surface area contributed by atoms with Crippen LogP contribution in [0.2, 0.25) is 0 Å². The van der Waals surface area contributed by atoms with Crippen molar-refractivity contribution in [3.63, 3.8) is 0 Å². The summed E-state index contributed by atoms with van der Waals surface area (Å²) < 4.78 is 11.0. The minimum absolute atomic E-state index is 0.324. The number of hydrogen-bond acceptors (Lipinski definition) is 5. The summed E-state index contributed by atoms with van der Waals surface area (Å²) in [6, 6.07) is 5.07. The van der Waals surface area contributed by atoms with Gasteiger partial charge in [-0.2, -0.15) is 0 Å². The summed E-state index contributed by atoms with van der Waals surface area (Å²) in [5, 5.41) is 3.36. The fourth-order valence-corrected chi connectivity index (χ4v) is 4.42. The zero-order valence-corrected chi connectivity index (χ0v) is 15.7. The summed E-state index contributed by atoms with van der Waals surface area (Å²) in [7, 11) is 0. The molecule has 0 saturated heterocycles. The van der Waals surface area contributed by atoms with E-state index >= 15 is 0 Å². The van der Waals surface area contributed by atoms with Crippen molar-refractivity contribution in [2.75, 3.05) is 18.5 Å². The lowest BCUT2D eigenvalue weighted by Gasteiger charge is -2.11. The highest BCUT2D eigenvalue weighted by Crippen LogP contribution is 2.39. The normalized spacial score (nSPS) is 12.5. The fraction of sp³-hybridized carbons (Fsp3) is 0.368. The Balaban J connectivity index is 1.90. The first-order valence-corrected chi connectivity index (χ1v) is 9.51. The van der Waals surface area contributed by atoms with E-state index in [9.17, 15) is 9.59 Å². The maximum Gasteiger partial charge on any atom is 0.256 e. The summed E-state index contributed by atoms with van der Waals surface area (Å²) >= 11 is 1.43. The minimum atomic E-state index is -0.502. The zero-order valence-electron chi connectivity index (χ0n) is 14.9. The molecule has 0 radical (unpaired) electrons. The van der Waals surface area contributed by atoms with E-state index in [1.807, 2.05) is 13.8 Å². The van der Waals surface area contributed by atoms with E-state index in [0.717, 1.165) is 29.7 Å². The van der Waals surface area contributed by atoms with Gasteiger partial charge in [-0.3, -0.25) is 9.59 Å². The van der Waals surface area contributed by atoms with Crippen LogP contribution in [-0.2, 0) is 12.8 Å². The number of thiophene rings is 1. The van der Waals surface area contributed by atoms with Crippen molar-refractivity contribution in [1.82, 2.24) is 0 Å². The molecule has 138 valence electrons. The van der Waals surface area contributed by atoms with Gasteiger partial charge < -0.3 is 20.5 Å². The average molecular weight is 374 g/mol. The molecule has 0 unspecified atom stereocenters. The molecule has 1 aromatic heterocycles. The summed E-state index contributed by atoms with van der Waals surface area (Å²) in [6.07, 6.45) is 2.77. The molecule has 0 atom stereocenters. The molecule has 0 bridgehead atoms. The summed E-state index contributed by atoms with van der Waals surface area (Å²) in [5.74, 6) is 0.299. The van der Waals surface area contributed by atoms with Gasteiger partial charge in [-0.1, -0.05) is 0 Å². The number of carbonyl (C=O) groups is 2. The molecule has 2 amide bonds. The maximum absolute atomic E-state index is 12.8. The van der Waals surface area contributed by atoms with Crippen LogP contribution in [0.1, 0.15) is 51.4 Å². The molecular formula is C19H22N2O4S. The first kappa shape index (κ1) is 18.3. The Hall–Kier alpha value is -2.54. The van der Waals surface area contributed by atoms with E-state index in [1.54, 1.807) is 18.2 Å². The minimum Gasteiger partial charge on any atom is -0.494 e. The lowest BCUT2D eigenvalue weighted by Crippen LogP contribution is -2.18. The average Bonchev–Trinajstić information content (AvgIpc) is 3.15. The van der Waals surface area contributed by atoms with Gasteiger partial charge in [0.2, 0.25) is 0 Å². The first-order valence-electron chi connectivity index (χ1n) is 8.69. The molecule has 0 spiro atoms. The number of nitrogens with two attached hydrogens (primary N) is 1. The Morgan fingerprint density at radius 2 is 1.77 bits per heavy atom. The van der Waals surface area contributed by atoms with Gasteiger partial charge in [0.05, 0.1) is 18.8 Å². The number of amides is 2. The highest BCUT2D eigenvalue weighted by Gasteiger charge is 2.26. The van der Waals surface area contributed by atoms with Crippen LogP contribution in [0.3, 0.4) is 0 Å². The van der Waals surface area contributed by atoms with E-state index in [0.29, 0.717) is 40.8 Å². The monoisotopic (exact) mass is 374 g/mol. The second-order valence-corrected chi connectivity index (χ2v) is 7.04. The molecule has 6 nitrogen and oxygen atoms in total. The molecule has 3 rings (SSSR count). The van der Waals surface area contributed by atoms with Crippen molar-refractivity contribution in [2.45, 2.75) is 33.1 Å². The molecule has 2 aromatic rings. The van der Waals surface area contributed by atoms with Gasteiger partial charge in [-0.05, 0) is 50.8 Å². The SMILES string of the molecule is CCOc1cc(OCC)cc(C(=O)Nc2sc3c(c2C(N)=O)CCC3)c1. The van der Waals surface area contributed by atoms with Crippen molar-refractivity contribution in [1.29, 1.82) is 0 Å². The molecule has 1 heterocycles. The van der Waals surface area contributed by atoms with Crippen LogP contribution in [-0.4, -0.2) is 25.0 Å². The molecule has 0 saturated carbocycles. The number of hydrogen-bond donors (Lipinski definition) is 2. The predicted octanol–water partition coefficient (Wildman–Crippen LogP) is 3.39. The first-order chi connectivity index (χ1) is 12.5. The Morgan fingerprint density at radius 3 is 2.35 bits per heavy atom. The van der Waals surface area contributed by atoms with Gasteiger partial charge in [-0.25, -0.2) is 0 Å². The molecule has 7 heteroatoms. The smallest absolute Gasteiger partial charge is 0.256 e. The summed E-state index contributed by atoms with van der Waals surface area (Å²) in [6.45, 7) is 4.72. The van der Waals surface area contributed by atoms with Gasteiger partial charge in [0.25, 0.3) is 11.8 Å². The van der Waals surface area contributed by atoms with Crippen LogP contribution in [0.4, 0.5) is 5.00 Å². The quantitative estimate of drug-likeness (QED) is 0.777. The number of nitrogens with one attached hydrogen (secondary N) is 1. The fourth-order valence-electron chi connectivity index (χ4n) is 3.13. The Morgan fingerprint density at radius 1 is 1.12 bits per heavy atom. The Bertz CT molecular complexity index is 820. The van der Waals surface area contributed by atoms with Crippen LogP contribution in [0.15, 0.2) is 18.2 Å². The third-order valence-corrected chi connectivity index (χ3v) is 5.37. The zero-order chi connectivity index (χ0) is 18.7. The van der Waals surface area contributed by atoms with E-state index in [-0.39, 0.29) is 5.91 Å². The number of primary amides is 1. The summed E-state index contributed by atoms with van der Waals surface area (Å²) in [4.78, 5) is 25.8. The largest absolute Gasteiger partial charge is 0.494 e. The van der Waals surface area contributed by atoms with Gasteiger partial charge in [0.15, 0.2) is 0 Å². The van der Waals surface area contributed by atoms with Crippen molar-refractivity contribution in [3.8, 4) is 11.5 Å². The number of fused-ring (bicyclic) bond motifs is 1. The highest BCUT2D eigenvalue weighted by atomic mass is 32.1. The number of carbonyl (C=O) groups excluding carboxylic acids is 2. The molecule has 1 aliphatic rings. The topological polar surface area (TPSA) is 90.7 Å². The second-order valence-electron chi connectivity index (χ2n) is 5.94. The van der Waals surface area contributed by atoms with Gasteiger partial charge in [0.1, 0.15) is 16.5 Å². The van der Waals surface area contributed by atoms with E-state index < -0.39 is 5.91 Å². The lowest BCUT2D eigenvalue weighted by atomic mass is 10.1. The van der Waals surface area contributed by atoms with E-state index in [1.165, 1.54) is 11.3 Å². The van der Waals surface area contributed by atoms with Crippen molar-refractivity contribution < 1.29 is 19.1 Å². The van der Waals surface area contributed by atoms with Gasteiger partial charge in [-0.15, -0.1) is 11.3 Å². The van der Waals surface area contributed by atoms with Crippen LogP contribution >= 0.6 is 11.3 Å². The number of rotatable bonds is 7. The van der Waals surface area contributed by atoms with Crippen molar-refractivity contribution in [2.24, 2.45) is 5.73 Å². The van der Waals surface area contributed by atoms with Crippen molar-refractivity contribution in [3.05, 3.63) is 39.8 Å².